The van der Waals surface area contributed by atoms with Crippen LogP contribution < -0.4 is 9.64 Å². The van der Waals surface area contributed by atoms with Crippen molar-refractivity contribution in [2.24, 2.45) is 5.92 Å². The summed E-state index contributed by atoms with van der Waals surface area (Å²) in [5, 5.41) is 9.53. The van der Waals surface area contributed by atoms with Gasteiger partial charge in [0.25, 0.3) is 0 Å². The van der Waals surface area contributed by atoms with Gasteiger partial charge in [0.2, 0.25) is 5.91 Å². The van der Waals surface area contributed by atoms with Crippen LogP contribution in [0, 0.1) is 5.92 Å². The van der Waals surface area contributed by atoms with E-state index in [0.29, 0.717) is 5.13 Å². The third kappa shape index (κ3) is 2.09. The summed E-state index contributed by atoms with van der Waals surface area (Å²) in [6, 6.07) is 5.48. The molecule has 3 rings (SSSR count). The van der Waals surface area contributed by atoms with Gasteiger partial charge >= 0.3 is 5.97 Å². The first-order valence-corrected chi connectivity index (χ1v) is 6.88. The van der Waals surface area contributed by atoms with E-state index in [-0.39, 0.29) is 18.9 Å². The van der Waals surface area contributed by atoms with Crippen LogP contribution in [0.4, 0.5) is 5.13 Å². The number of nitrogens with zero attached hydrogens (tertiary/aromatic N) is 2. The summed E-state index contributed by atoms with van der Waals surface area (Å²) in [4.78, 5) is 28.7. The van der Waals surface area contributed by atoms with E-state index in [4.69, 9.17) is 9.84 Å². The number of carboxylic acids is 1. The van der Waals surface area contributed by atoms with Crippen LogP contribution in [0.1, 0.15) is 6.42 Å². The van der Waals surface area contributed by atoms with E-state index >= 15 is 0 Å². The van der Waals surface area contributed by atoms with Crippen LogP contribution >= 0.6 is 11.3 Å². The van der Waals surface area contributed by atoms with Gasteiger partial charge < -0.3 is 9.84 Å². The van der Waals surface area contributed by atoms with Crippen LogP contribution in [0.3, 0.4) is 0 Å². The van der Waals surface area contributed by atoms with Gasteiger partial charge in [0, 0.05) is 13.0 Å². The van der Waals surface area contributed by atoms with Crippen LogP contribution in [0.15, 0.2) is 18.2 Å². The Balaban J connectivity index is 1.94. The normalized spacial score (nSPS) is 18.8. The highest BCUT2D eigenvalue weighted by Crippen LogP contribution is 2.34. The number of thiazole rings is 1. The highest BCUT2D eigenvalue weighted by atomic mass is 32.1. The van der Waals surface area contributed by atoms with Crippen molar-refractivity contribution in [1.29, 1.82) is 0 Å². The number of hydrogen-bond acceptors (Lipinski definition) is 5. The molecule has 1 aromatic carbocycles. The third-order valence-corrected chi connectivity index (χ3v) is 4.33. The highest BCUT2D eigenvalue weighted by Gasteiger charge is 2.36. The van der Waals surface area contributed by atoms with Gasteiger partial charge in [-0.2, -0.15) is 0 Å². The van der Waals surface area contributed by atoms with Gasteiger partial charge in [-0.05, 0) is 18.2 Å². The average Bonchev–Trinajstić information content (AvgIpc) is 3.00. The van der Waals surface area contributed by atoms with Crippen molar-refractivity contribution < 1.29 is 19.4 Å². The number of benzene rings is 1. The maximum absolute atomic E-state index is 11.9. The quantitative estimate of drug-likeness (QED) is 0.932. The second kappa shape index (κ2) is 4.75. The van der Waals surface area contributed by atoms with Crippen molar-refractivity contribution in [3.63, 3.8) is 0 Å². The fourth-order valence-corrected chi connectivity index (χ4v) is 3.21. The number of methoxy groups -OCH3 is 1. The zero-order chi connectivity index (χ0) is 14.3. The Hall–Kier alpha value is -2.15. The molecule has 0 bridgehead atoms. The molecule has 1 fully saturated rings. The monoisotopic (exact) mass is 292 g/mol. The number of carbonyl (C=O) groups excluding carboxylic acids is 1. The van der Waals surface area contributed by atoms with Crippen LogP contribution in [-0.2, 0) is 9.59 Å². The Bertz CT molecular complexity index is 697. The van der Waals surface area contributed by atoms with E-state index < -0.39 is 11.9 Å². The van der Waals surface area contributed by atoms with Crippen molar-refractivity contribution >= 4 is 38.6 Å². The minimum atomic E-state index is -0.941. The predicted octanol–water partition coefficient (Wildman–Crippen LogP) is 1.74. The molecule has 1 unspecified atom stereocenters. The lowest BCUT2D eigenvalue weighted by molar-refractivity contribution is -0.141. The number of aliphatic carboxylic acids is 1. The molecule has 1 aliphatic heterocycles. The minimum absolute atomic E-state index is 0.0363. The van der Waals surface area contributed by atoms with Crippen molar-refractivity contribution in [3.8, 4) is 5.75 Å². The molecular weight excluding hydrogens is 280 g/mol. The number of hydrogen-bond donors (Lipinski definition) is 1. The Kier molecular flexibility index (Phi) is 3.06. The van der Waals surface area contributed by atoms with E-state index in [1.54, 1.807) is 13.2 Å². The van der Waals surface area contributed by atoms with Crippen molar-refractivity contribution in [2.45, 2.75) is 6.42 Å². The zero-order valence-electron chi connectivity index (χ0n) is 10.7. The number of amides is 1. The van der Waals surface area contributed by atoms with Gasteiger partial charge in [-0.15, -0.1) is 0 Å². The van der Waals surface area contributed by atoms with E-state index in [9.17, 15) is 9.59 Å². The lowest BCUT2D eigenvalue weighted by atomic mass is 10.1. The van der Waals surface area contributed by atoms with Gasteiger partial charge in [0.15, 0.2) is 5.13 Å². The van der Waals surface area contributed by atoms with Crippen LogP contribution in [0.2, 0.25) is 0 Å². The van der Waals surface area contributed by atoms with Crippen molar-refractivity contribution in [3.05, 3.63) is 18.2 Å². The molecule has 1 saturated heterocycles. The summed E-state index contributed by atoms with van der Waals surface area (Å²) in [5.74, 6) is -1.06. The smallest absolute Gasteiger partial charge is 0.308 e. The molecule has 1 aliphatic rings. The molecule has 0 aliphatic carbocycles. The first kappa shape index (κ1) is 12.9. The summed E-state index contributed by atoms with van der Waals surface area (Å²) in [6.45, 7) is 0.186. The molecule has 0 spiro atoms. The summed E-state index contributed by atoms with van der Waals surface area (Å²) in [7, 11) is 1.59. The SMILES string of the molecule is COc1ccc2nc(N3CC(C(=O)O)CC3=O)sc2c1. The fourth-order valence-electron chi connectivity index (χ4n) is 2.19. The topological polar surface area (TPSA) is 79.7 Å². The lowest BCUT2D eigenvalue weighted by Crippen LogP contribution is -2.25. The van der Waals surface area contributed by atoms with Crippen LogP contribution in [-0.4, -0.2) is 35.6 Å². The molecule has 0 saturated carbocycles. The van der Waals surface area contributed by atoms with Gasteiger partial charge in [-0.25, -0.2) is 4.98 Å². The number of carboxylic acid groups (broad SMARTS) is 1. The maximum Gasteiger partial charge on any atom is 0.308 e. The molecule has 2 heterocycles. The Morgan fingerprint density at radius 1 is 1.55 bits per heavy atom. The van der Waals surface area contributed by atoms with Gasteiger partial charge in [-0.3, -0.25) is 14.5 Å². The molecule has 104 valence electrons. The first-order chi connectivity index (χ1) is 9.58. The molecule has 0 radical (unpaired) electrons. The standard InChI is InChI=1S/C13H12N2O4S/c1-19-8-2-3-9-10(5-8)20-13(14-9)15-6-7(12(17)18)4-11(15)16/h2-3,5,7H,4,6H2,1H3,(H,17,18). The second-order valence-corrected chi connectivity index (χ2v) is 5.58. The number of fused-ring (bicyclic) bond motifs is 1. The molecule has 1 N–H and O–H groups in total. The number of ether oxygens (including phenoxy) is 1. The minimum Gasteiger partial charge on any atom is -0.497 e. The number of rotatable bonds is 3. The summed E-state index contributed by atoms with van der Waals surface area (Å²) in [6.07, 6.45) is 0.0363. The highest BCUT2D eigenvalue weighted by molar-refractivity contribution is 7.22. The van der Waals surface area contributed by atoms with Gasteiger partial charge in [0.1, 0.15) is 5.75 Å². The van der Waals surface area contributed by atoms with E-state index in [1.807, 2.05) is 12.1 Å². The Labute approximate surface area is 118 Å². The fraction of sp³-hybridized carbons (Fsp3) is 0.308. The zero-order valence-corrected chi connectivity index (χ0v) is 11.5. The Morgan fingerprint density at radius 3 is 3.00 bits per heavy atom. The third-order valence-electron chi connectivity index (χ3n) is 3.29. The largest absolute Gasteiger partial charge is 0.497 e. The van der Waals surface area contributed by atoms with E-state index in [2.05, 4.69) is 4.98 Å². The summed E-state index contributed by atoms with van der Waals surface area (Å²) < 4.78 is 6.06. The van der Waals surface area contributed by atoms with Crippen molar-refractivity contribution in [2.75, 3.05) is 18.6 Å². The molecule has 6 nitrogen and oxygen atoms in total. The molecule has 1 aromatic heterocycles. The predicted molar refractivity (Wildman–Crippen MR) is 74.3 cm³/mol. The average molecular weight is 292 g/mol. The van der Waals surface area contributed by atoms with Gasteiger partial charge in [-0.1, -0.05) is 11.3 Å². The first-order valence-electron chi connectivity index (χ1n) is 6.06. The van der Waals surface area contributed by atoms with Crippen molar-refractivity contribution in [1.82, 2.24) is 4.98 Å². The molecule has 7 heteroatoms. The Morgan fingerprint density at radius 2 is 2.35 bits per heavy atom. The number of aromatic nitrogens is 1. The summed E-state index contributed by atoms with van der Waals surface area (Å²) >= 11 is 1.36. The number of carbonyl (C=O) groups is 2. The van der Waals surface area contributed by atoms with E-state index in [1.165, 1.54) is 16.2 Å². The molecular formula is C13H12N2O4S. The lowest BCUT2D eigenvalue weighted by Gasteiger charge is -2.10. The molecule has 1 amide bonds. The molecule has 1 atom stereocenters. The number of anilines is 1. The second-order valence-electron chi connectivity index (χ2n) is 4.57. The maximum atomic E-state index is 11.9. The van der Waals surface area contributed by atoms with E-state index in [0.717, 1.165) is 16.0 Å². The molecule has 2 aromatic rings. The van der Waals surface area contributed by atoms with Gasteiger partial charge in [0.05, 0.1) is 23.2 Å². The molecule has 20 heavy (non-hydrogen) atoms. The summed E-state index contributed by atoms with van der Waals surface area (Å²) in [5.41, 5.74) is 0.775. The van der Waals surface area contributed by atoms with Crippen LogP contribution in [0.25, 0.3) is 10.2 Å². The van der Waals surface area contributed by atoms with Crippen LogP contribution in [0.5, 0.6) is 5.75 Å².